The smallest absolute Gasteiger partial charge is 0.251 e. The van der Waals surface area contributed by atoms with Crippen LogP contribution in [0.5, 0.6) is 11.5 Å². The monoisotopic (exact) mass is 509 g/mol. The average Bonchev–Trinajstić information content (AvgIpc) is 3.24. The number of hydrogen-bond donors (Lipinski definition) is 2. The molecule has 0 unspecified atom stereocenters. The van der Waals surface area contributed by atoms with E-state index in [-0.39, 0.29) is 23.4 Å². The van der Waals surface area contributed by atoms with Crippen molar-refractivity contribution in [3.8, 4) is 11.5 Å². The van der Waals surface area contributed by atoms with Gasteiger partial charge < -0.3 is 15.8 Å². The maximum atomic E-state index is 14.2. The molecule has 0 aliphatic carbocycles. The molecule has 0 fully saturated rings. The van der Waals surface area contributed by atoms with Gasteiger partial charge in [0.2, 0.25) is 5.91 Å². The van der Waals surface area contributed by atoms with Crippen LogP contribution in [0.3, 0.4) is 0 Å². The number of benzene rings is 2. The Hall–Kier alpha value is -3.98. The third-order valence-electron chi connectivity index (χ3n) is 5.48. The van der Waals surface area contributed by atoms with Gasteiger partial charge in [-0.15, -0.1) is 0 Å². The molecule has 2 aromatic heterocycles. The van der Waals surface area contributed by atoms with Crippen molar-refractivity contribution in [1.29, 1.82) is 0 Å². The van der Waals surface area contributed by atoms with E-state index in [4.69, 9.17) is 22.1 Å². The summed E-state index contributed by atoms with van der Waals surface area (Å²) in [6, 6.07) is 7.47. The number of aromatic nitrogens is 3. The number of ether oxygens (including phenoxy) is 1. The molecule has 8 nitrogen and oxygen atoms in total. The van der Waals surface area contributed by atoms with E-state index in [2.05, 4.69) is 15.4 Å². The normalized spacial score (nSPS) is 11.5. The lowest BCUT2D eigenvalue weighted by Gasteiger charge is -2.18. The van der Waals surface area contributed by atoms with Gasteiger partial charge in [0.05, 0.1) is 39.9 Å². The maximum absolute atomic E-state index is 14.2. The van der Waals surface area contributed by atoms with E-state index in [1.165, 1.54) is 12.3 Å². The number of rotatable bonds is 6. The molecule has 0 spiro atoms. The predicted molar refractivity (Wildman–Crippen MR) is 136 cm³/mol. The summed E-state index contributed by atoms with van der Waals surface area (Å²) in [6.45, 7) is 7.85. The summed E-state index contributed by atoms with van der Waals surface area (Å²) in [5.41, 5.74) is 7.11. The van der Waals surface area contributed by atoms with Gasteiger partial charge in [-0.05, 0) is 57.0 Å². The van der Waals surface area contributed by atoms with Crippen LogP contribution < -0.4 is 15.8 Å². The first-order valence-corrected chi connectivity index (χ1v) is 11.5. The van der Waals surface area contributed by atoms with Crippen molar-refractivity contribution < 1.29 is 18.7 Å². The summed E-state index contributed by atoms with van der Waals surface area (Å²) in [6.07, 6.45) is 4.94. The van der Waals surface area contributed by atoms with E-state index in [9.17, 15) is 14.0 Å². The number of nitrogens with zero attached hydrogens (tertiary/aromatic N) is 3. The number of halogens is 2. The number of anilines is 1. The number of carbonyl (C=O) groups excluding carboxylic acids is 2. The zero-order valence-corrected chi connectivity index (χ0v) is 21.0. The molecule has 2 heterocycles. The number of carbonyl (C=O) groups is 2. The van der Waals surface area contributed by atoms with Crippen molar-refractivity contribution in [2.45, 2.75) is 39.7 Å². The third kappa shape index (κ3) is 5.31. The van der Waals surface area contributed by atoms with Gasteiger partial charge in [0, 0.05) is 23.8 Å². The lowest BCUT2D eigenvalue weighted by atomic mass is 10.1. The Morgan fingerprint density at radius 2 is 1.97 bits per heavy atom. The van der Waals surface area contributed by atoms with Crippen molar-refractivity contribution in [1.82, 2.24) is 14.8 Å². The fraction of sp³-hybridized carbons (Fsp3) is 0.231. The van der Waals surface area contributed by atoms with Gasteiger partial charge in [0.15, 0.2) is 0 Å². The summed E-state index contributed by atoms with van der Waals surface area (Å²) >= 11 is 6.52. The molecule has 0 aliphatic heterocycles. The number of amides is 2. The molecule has 10 heteroatoms. The lowest BCUT2D eigenvalue weighted by molar-refractivity contribution is -0.115. The molecule has 0 saturated heterocycles. The van der Waals surface area contributed by atoms with Crippen molar-refractivity contribution in [3.05, 3.63) is 76.5 Å². The maximum Gasteiger partial charge on any atom is 0.251 e. The second-order valence-electron chi connectivity index (χ2n) is 9.42. The first-order valence-electron chi connectivity index (χ1n) is 11.1. The Bertz CT molecular complexity index is 1470. The molecule has 2 aromatic carbocycles. The minimum atomic E-state index is -0.896. The van der Waals surface area contributed by atoms with Crippen LogP contribution in [0, 0.1) is 12.7 Å². The first-order chi connectivity index (χ1) is 16.9. The van der Waals surface area contributed by atoms with Gasteiger partial charge in [-0.25, -0.2) is 4.39 Å². The highest BCUT2D eigenvalue weighted by atomic mass is 35.5. The van der Waals surface area contributed by atoms with E-state index < -0.39 is 11.7 Å². The van der Waals surface area contributed by atoms with Gasteiger partial charge in [-0.3, -0.25) is 19.3 Å². The molecule has 0 atom stereocenters. The molecule has 0 aliphatic rings. The number of hydrogen-bond acceptors (Lipinski definition) is 5. The van der Waals surface area contributed by atoms with E-state index in [0.717, 1.165) is 6.07 Å². The molecule has 4 rings (SSSR count). The Morgan fingerprint density at radius 1 is 1.22 bits per heavy atom. The summed E-state index contributed by atoms with van der Waals surface area (Å²) < 4.78 is 22.0. The van der Waals surface area contributed by atoms with Crippen LogP contribution in [-0.4, -0.2) is 26.6 Å². The Morgan fingerprint density at radius 3 is 2.61 bits per heavy atom. The Kier molecular flexibility index (Phi) is 6.69. The van der Waals surface area contributed by atoms with Crippen LogP contribution in [-0.2, 0) is 16.8 Å². The number of aryl methyl sites for hydroxylation is 1. The Labute approximate surface area is 212 Å². The largest absolute Gasteiger partial charge is 0.455 e. The van der Waals surface area contributed by atoms with Gasteiger partial charge in [-0.1, -0.05) is 17.7 Å². The fourth-order valence-electron chi connectivity index (χ4n) is 3.71. The number of pyridine rings is 1. The van der Waals surface area contributed by atoms with Gasteiger partial charge in [0.1, 0.15) is 17.3 Å². The standard InChI is InChI=1S/C26H25ClFN5O3/c1-14-7-15(9-23(34)32-16-12-31-33(13-16)26(2,3)4)8-19(27)24(14)36-22-5-6-30-21-11-20(28)17(25(29)35)10-18(21)22/h5-8,10-13H,9H2,1-4H3,(H2,29,35)(H,32,34). The average molecular weight is 510 g/mol. The molecule has 36 heavy (non-hydrogen) atoms. The molecule has 0 radical (unpaired) electrons. The molecule has 2 amide bonds. The SMILES string of the molecule is Cc1cc(CC(=O)Nc2cnn(C(C)(C)C)c2)cc(Cl)c1Oc1ccnc2cc(F)c(C(N)=O)cc12. The second-order valence-corrected chi connectivity index (χ2v) is 9.82. The van der Waals surface area contributed by atoms with Gasteiger partial charge in [0.25, 0.3) is 5.91 Å². The fourth-order valence-corrected chi connectivity index (χ4v) is 4.04. The Balaban J connectivity index is 1.55. The number of nitrogens with one attached hydrogen (secondary N) is 1. The van der Waals surface area contributed by atoms with Crippen LogP contribution in [0.1, 0.15) is 42.3 Å². The van der Waals surface area contributed by atoms with Crippen molar-refractivity contribution >= 4 is 40.0 Å². The van der Waals surface area contributed by atoms with E-state index >= 15 is 0 Å². The van der Waals surface area contributed by atoms with Gasteiger partial charge in [-0.2, -0.15) is 5.10 Å². The summed E-state index contributed by atoms with van der Waals surface area (Å²) in [5.74, 6) is -1.18. The van der Waals surface area contributed by atoms with Crippen molar-refractivity contribution in [2.24, 2.45) is 5.73 Å². The predicted octanol–water partition coefficient (Wildman–Crippen LogP) is 5.36. The van der Waals surface area contributed by atoms with E-state index in [0.29, 0.717) is 44.2 Å². The van der Waals surface area contributed by atoms with Crippen molar-refractivity contribution in [2.75, 3.05) is 5.32 Å². The molecular formula is C26H25ClFN5O3. The van der Waals surface area contributed by atoms with E-state index in [1.54, 1.807) is 42.2 Å². The van der Waals surface area contributed by atoms with Gasteiger partial charge >= 0.3 is 0 Å². The minimum absolute atomic E-state index is 0.0982. The van der Waals surface area contributed by atoms with E-state index in [1.807, 2.05) is 20.8 Å². The summed E-state index contributed by atoms with van der Waals surface area (Å²) in [7, 11) is 0. The topological polar surface area (TPSA) is 112 Å². The summed E-state index contributed by atoms with van der Waals surface area (Å²) in [4.78, 5) is 28.3. The van der Waals surface area contributed by atoms with Crippen LogP contribution >= 0.6 is 11.6 Å². The molecule has 4 aromatic rings. The molecule has 0 bridgehead atoms. The lowest BCUT2D eigenvalue weighted by Crippen LogP contribution is -2.22. The zero-order valence-electron chi connectivity index (χ0n) is 20.2. The number of fused-ring (bicyclic) bond motifs is 1. The highest BCUT2D eigenvalue weighted by molar-refractivity contribution is 6.32. The van der Waals surface area contributed by atoms with Crippen LogP contribution in [0.2, 0.25) is 5.02 Å². The van der Waals surface area contributed by atoms with Crippen LogP contribution in [0.4, 0.5) is 10.1 Å². The third-order valence-corrected chi connectivity index (χ3v) is 5.76. The zero-order chi connectivity index (χ0) is 26.2. The van der Waals surface area contributed by atoms with Crippen molar-refractivity contribution in [3.63, 3.8) is 0 Å². The molecule has 0 saturated carbocycles. The molecular weight excluding hydrogens is 485 g/mol. The molecule has 3 N–H and O–H groups in total. The number of primary amides is 1. The highest BCUT2D eigenvalue weighted by Gasteiger charge is 2.18. The second kappa shape index (κ2) is 9.58. The summed E-state index contributed by atoms with van der Waals surface area (Å²) in [5, 5.41) is 7.82. The quantitative estimate of drug-likeness (QED) is 0.363. The van der Waals surface area contributed by atoms with Crippen LogP contribution in [0.15, 0.2) is 48.9 Å². The molecule has 186 valence electrons. The van der Waals surface area contributed by atoms with Crippen LogP contribution in [0.25, 0.3) is 10.9 Å². The number of nitrogens with two attached hydrogens (primary N) is 1. The first kappa shape index (κ1) is 25.1. The minimum Gasteiger partial charge on any atom is -0.455 e. The highest BCUT2D eigenvalue weighted by Crippen LogP contribution is 2.37.